The number of para-hydroxylation sites is 1. The van der Waals surface area contributed by atoms with Crippen molar-refractivity contribution in [2.24, 2.45) is 0 Å². The molecule has 0 aliphatic rings. The third kappa shape index (κ3) is 5.07. The lowest BCUT2D eigenvalue weighted by Gasteiger charge is -2.08. The van der Waals surface area contributed by atoms with Crippen molar-refractivity contribution < 1.29 is 4.79 Å². The van der Waals surface area contributed by atoms with Gasteiger partial charge in [-0.15, -0.1) is 11.8 Å². The van der Waals surface area contributed by atoms with Crippen LogP contribution >= 0.6 is 23.4 Å². The molecule has 1 aromatic heterocycles. The number of carbonyl (C=O) groups excluding carboxylic acids is 1. The molecule has 132 valence electrons. The number of amides is 1. The lowest BCUT2D eigenvalue weighted by atomic mass is 10.1. The zero-order chi connectivity index (χ0) is 18.4. The highest BCUT2D eigenvalue weighted by molar-refractivity contribution is 7.99. The largest absolute Gasteiger partial charge is 0.325 e. The predicted octanol–water partition coefficient (Wildman–Crippen LogP) is 5.23. The third-order valence-corrected chi connectivity index (χ3v) is 4.85. The minimum absolute atomic E-state index is 0.0698. The number of aryl methyl sites for hydroxylation is 1. The van der Waals surface area contributed by atoms with E-state index < -0.39 is 0 Å². The molecule has 1 amide bonds. The summed E-state index contributed by atoms with van der Waals surface area (Å²) in [6, 6.07) is 19.1. The van der Waals surface area contributed by atoms with Gasteiger partial charge >= 0.3 is 0 Å². The Labute approximate surface area is 162 Å². The van der Waals surface area contributed by atoms with Gasteiger partial charge in [0.15, 0.2) is 0 Å². The summed E-state index contributed by atoms with van der Waals surface area (Å²) in [5.41, 5.74) is 2.57. The van der Waals surface area contributed by atoms with Crippen LogP contribution in [0.15, 0.2) is 65.7 Å². The fourth-order valence-electron chi connectivity index (χ4n) is 2.39. The van der Waals surface area contributed by atoms with E-state index in [0.717, 1.165) is 22.1 Å². The molecule has 0 radical (unpaired) electrons. The second-order valence-corrected chi connectivity index (χ2v) is 7.15. The maximum atomic E-state index is 12.1. The second kappa shape index (κ2) is 8.83. The first-order valence-electron chi connectivity index (χ1n) is 8.20. The first-order chi connectivity index (χ1) is 12.6. The van der Waals surface area contributed by atoms with Gasteiger partial charge in [0.1, 0.15) is 10.9 Å². The Morgan fingerprint density at radius 1 is 1.08 bits per heavy atom. The molecule has 4 nitrogen and oxygen atoms in total. The summed E-state index contributed by atoms with van der Waals surface area (Å²) in [5, 5.41) is 4.23. The molecule has 0 unspecified atom stereocenters. The Balaban J connectivity index is 1.59. The van der Waals surface area contributed by atoms with E-state index in [-0.39, 0.29) is 5.91 Å². The number of nitrogens with one attached hydrogen (secondary N) is 1. The van der Waals surface area contributed by atoms with E-state index in [0.29, 0.717) is 22.9 Å². The number of aromatic nitrogens is 2. The topological polar surface area (TPSA) is 54.9 Å². The maximum absolute atomic E-state index is 12.1. The number of carbonyl (C=O) groups is 1. The molecule has 0 fully saturated rings. The van der Waals surface area contributed by atoms with Crippen LogP contribution in [0.1, 0.15) is 12.2 Å². The average Bonchev–Trinajstić information content (AvgIpc) is 2.64. The van der Waals surface area contributed by atoms with Crippen molar-refractivity contribution in [3.8, 4) is 11.3 Å². The van der Waals surface area contributed by atoms with Gasteiger partial charge in [0, 0.05) is 17.7 Å². The summed E-state index contributed by atoms with van der Waals surface area (Å²) in [5.74, 6) is 1.27. The Kier molecular flexibility index (Phi) is 6.26. The van der Waals surface area contributed by atoms with E-state index in [1.54, 1.807) is 23.9 Å². The molecular formula is C20H18ClN3OS. The number of nitrogens with zero attached hydrogens (tertiary/aromatic N) is 2. The maximum Gasteiger partial charge on any atom is 0.225 e. The minimum Gasteiger partial charge on any atom is -0.325 e. The Morgan fingerprint density at radius 2 is 1.81 bits per heavy atom. The highest BCUT2D eigenvalue weighted by Crippen LogP contribution is 2.24. The molecule has 1 heterocycles. The number of anilines is 1. The lowest BCUT2D eigenvalue weighted by Crippen LogP contribution is -2.12. The van der Waals surface area contributed by atoms with Gasteiger partial charge in [-0.3, -0.25) is 4.79 Å². The van der Waals surface area contributed by atoms with E-state index >= 15 is 0 Å². The zero-order valence-electron chi connectivity index (χ0n) is 14.3. The van der Waals surface area contributed by atoms with Crippen molar-refractivity contribution in [2.75, 3.05) is 11.1 Å². The van der Waals surface area contributed by atoms with Gasteiger partial charge in [0.2, 0.25) is 5.91 Å². The Morgan fingerprint density at radius 3 is 2.58 bits per heavy atom. The number of hydrogen-bond donors (Lipinski definition) is 1. The summed E-state index contributed by atoms with van der Waals surface area (Å²) < 4.78 is 0. The number of rotatable bonds is 6. The Bertz CT molecular complexity index is 903. The molecule has 2 aromatic carbocycles. The molecular weight excluding hydrogens is 366 g/mol. The number of hydrogen-bond acceptors (Lipinski definition) is 4. The average molecular weight is 384 g/mol. The molecule has 0 bridgehead atoms. The van der Waals surface area contributed by atoms with Crippen molar-refractivity contribution in [1.29, 1.82) is 0 Å². The summed E-state index contributed by atoms with van der Waals surface area (Å²) in [4.78, 5) is 21.0. The molecule has 0 spiro atoms. The molecule has 0 atom stereocenters. The van der Waals surface area contributed by atoms with Gasteiger partial charge in [0.25, 0.3) is 0 Å². The number of thioether (sulfide) groups is 1. The van der Waals surface area contributed by atoms with Crippen LogP contribution in [-0.2, 0) is 4.79 Å². The van der Waals surface area contributed by atoms with E-state index in [1.165, 1.54) is 0 Å². The quantitative estimate of drug-likeness (QED) is 0.468. The van der Waals surface area contributed by atoms with Crippen LogP contribution < -0.4 is 5.32 Å². The normalized spacial score (nSPS) is 10.5. The van der Waals surface area contributed by atoms with Crippen LogP contribution in [0.25, 0.3) is 11.3 Å². The van der Waals surface area contributed by atoms with E-state index in [1.807, 2.05) is 55.5 Å². The second-order valence-electron chi connectivity index (χ2n) is 5.63. The molecule has 0 saturated carbocycles. The van der Waals surface area contributed by atoms with Crippen molar-refractivity contribution in [3.05, 3.63) is 71.5 Å². The third-order valence-electron chi connectivity index (χ3n) is 3.61. The molecule has 3 aromatic rings. The highest BCUT2D eigenvalue weighted by atomic mass is 35.5. The fourth-order valence-corrected chi connectivity index (χ4v) is 3.47. The fraction of sp³-hybridized carbons (Fsp3) is 0.150. The molecule has 1 N–H and O–H groups in total. The first-order valence-corrected chi connectivity index (χ1v) is 9.56. The van der Waals surface area contributed by atoms with Crippen LogP contribution in [0.4, 0.5) is 5.69 Å². The summed E-state index contributed by atoms with van der Waals surface area (Å²) >= 11 is 7.60. The smallest absolute Gasteiger partial charge is 0.225 e. The van der Waals surface area contributed by atoms with Crippen LogP contribution in [0, 0.1) is 6.92 Å². The van der Waals surface area contributed by atoms with Crippen molar-refractivity contribution in [2.45, 2.75) is 18.4 Å². The highest BCUT2D eigenvalue weighted by Gasteiger charge is 2.08. The molecule has 0 saturated heterocycles. The van der Waals surface area contributed by atoms with Gasteiger partial charge < -0.3 is 5.32 Å². The lowest BCUT2D eigenvalue weighted by molar-refractivity contribution is -0.115. The van der Waals surface area contributed by atoms with Crippen molar-refractivity contribution in [3.63, 3.8) is 0 Å². The van der Waals surface area contributed by atoms with Crippen LogP contribution in [-0.4, -0.2) is 21.6 Å². The summed E-state index contributed by atoms with van der Waals surface area (Å²) in [6.45, 7) is 1.88. The molecule has 26 heavy (non-hydrogen) atoms. The SMILES string of the molecule is Cc1nc(SCCC(=O)Nc2ccccc2Cl)cc(-c2ccccc2)n1. The van der Waals surface area contributed by atoms with Gasteiger partial charge in [-0.25, -0.2) is 9.97 Å². The minimum atomic E-state index is -0.0698. The zero-order valence-corrected chi connectivity index (χ0v) is 15.8. The van der Waals surface area contributed by atoms with Crippen LogP contribution in [0.3, 0.4) is 0 Å². The summed E-state index contributed by atoms with van der Waals surface area (Å²) in [6.07, 6.45) is 0.375. The van der Waals surface area contributed by atoms with Crippen LogP contribution in [0.5, 0.6) is 0 Å². The van der Waals surface area contributed by atoms with Crippen molar-refractivity contribution in [1.82, 2.24) is 9.97 Å². The van der Waals surface area contributed by atoms with Gasteiger partial charge in [-0.2, -0.15) is 0 Å². The van der Waals surface area contributed by atoms with Gasteiger partial charge in [-0.05, 0) is 25.1 Å². The number of benzene rings is 2. The molecule has 6 heteroatoms. The van der Waals surface area contributed by atoms with E-state index in [4.69, 9.17) is 11.6 Å². The molecule has 3 rings (SSSR count). The molecule has 0 aliphatic heterocycles. The molecule has 0 aliphatic carbocycles. The van der Waals surface area contributed by atoms with Gasteiger partial charge in [-0.1, -0.05) is 54.1 Å². The van der Waals surface area contributed by atoms with Crippen molar-refractivity contribution >= 4 is 35.0 Å². The van der Waals surface area contributed by atoms with E-state index in [9.17, 15) is 4.79 Å². The predicted molar refractivity (Wildman–Crippen MR) is 108 cm³/mol. The monoisotopic (exact) mass is 383 g/mol. The van der Waals surface area contributed by atoms with Crippen LogP contribution in [0.2, 0.25) is 5.02 Å². The Hall–Kier alpha value is -2.37. The summed E-state index contributed by atoms with van der Waals surface area (Å²) in [7, 11) is 0. The number of halogens is 1. The first kappa shape index (κ1) is 18.4. The van der Waals surface area contributed by atoms with E-state index in [2.05, 4.69) is 15.3 Å². The standard InChI is InChI=1S/C20H18ClN3OS/c1-14-22-18(15-7-3-2-4-8-15)13-20(23-14)26-12-11-19(25)24-17-10-6-5-9-16(17)21/h2-10,13H,11-12H2,1H3,(H,24,25). The van der Waals surface area contributed by atoms with Gasteiger partial charge in [0.05, 0.1) is 16.4 Å².